The number of nitrogens with one attached hydrogen (secondary N) is 2. The lowest BCUT2D eigenvalue weighted by molar-refractivity contribution is -0.123. The van der Waals surface area contributed by atoms with E-state index in [1.54, 1.807) is 19.2 Å². The molecule has 12 nitrogen and oxygen atoms in total. The van der Waals surface area contributed by atoms with Crippen LogP contribution in [0.25, 0.3) is 22.0 Å². The number of anilines is 1. The van der Waals surface area contributed by atoms with Crippen LogP contribution < -0.4 is 10.0 Å². The van der Waals surface area contributed by atoms with E-state index in [0.717, 1.165) is 25.0 Å². The minimum atomic E-state index is -3.86. The topological polar surface area (TPSA) is 158 Å². The third kappa shape index (κ3) is 8.12. The summed E-state index contributed by atoms with van der Waals surface area (Å²) in [5.41, 5.74) is -1.01. The van der Waals surface area contributed by atoms with Gasteiger partial charge in [0.1, 0.15) is 40.0 Å². The highest BCUT2D eigenvalue weighted by Gasteiger charge is 2.67. The molecule has 338 valence electrons. The molecule has 0 aliphatic heterocycles. The molecular formula is C43H40ClF6N7O5S2. The molecule has 21 heteroatoms. The summed E-state index contributed by atoms with van der Waals surface area (Å²) in [6, 6.07) is 7.39. The molecule has 2 aromatic carbocycles. The Morgan fingerprint density at radius 2 is 1.67 bits per heavy atom. The largest absolute Gasteiger partial charge is 0.346 e. The maximum absolute atomic E-state index is 15.5. The number of carbonyl (C=O) groups excluding carboxylic acids is 1. The number of aryl methyl sites for hydroxylation is 1. The van der Waals surface area contributed by atoms with Gasteiger partial charge in [0, 0.05) is 35.7 Å². The molecule has 0 saturated heterocycles. The minimum absolute atomic E-state index is 0.00369. The molecule has 3 atom stereocenters. The molecule has 2 N–H and O–H groups in total. The summed E-state index contributed by atoms with van der Waals surface area (Å²) < 4.78 is 145. The first kappa shape index (κ1) is 44.1. The van der Waals surface area contributed by atoms with Gasteiger partial charge in [-0.05, 0) is 106 Å². The summed E-state index contributed by atoms with van der Waals surface area (Å²) in [5.74, 6) is -2.99. The average Bonchev–Trinajstić information content (AvgIpc) is 4.11. The Hall–Kier alpha value is -5.13. The van der Waals surface area contributed by atoms with Gasteiger partial charge in [-0.15, -0.1) is 0 Å². The number of rotatable bonds is 14. The number of alkyl halides is 4. The number of hydrogen-bond donors (Lipinski definition) is 2. The number of sulfone groups is 1. The maximum atomic E-state index is 15.5. The number of benzene rings is 2. The smallest absolute Gasteiger partial charge is 0.293 e. The molecule has 0 spiro atoms. The number of carbonyl (C=O) groups is 1. The number of fused-ring (bicyclic) bond motifs is 4. The van der Waals surface area contributed by atoms with E-state index in [-0.39, 0.29) is 68.8 Å². The van der Waals surface area contributed by atoms with Crippen LogP contribution >= 0.6 is 11.6 Å². The van der Waals surface area contributed by atoms with Gasteiger partial charge in [-0.2, -0.15) is 19.0 Å². The fraction of sp³-hybridized carbons (Fsp3) is 0.442. The average molecular weight is 948 g/mol. The first-order valence-corrected chi connectivity index (χ1v) is 24.1. The normalized spacial score (nSPS) is 19.5. The molecule has 4 aliphatic carbocycles. The van der Waals surface area contributed by atoms with Crippen molar-refractivity contribution in [3.8, 4) is 23.0 Å². The highest BCUT2D eigenvalue weighted by molar-refractivity contribution is 7.94. The van der Waals surface area contributed by atoms with E-state index < -0.39 is 95.6 Å². The summed E-state index contributed by atoms with van der Waals surface area (Å²) >= 11 is 6.73. The second kappa shape index (κ2) is 15.5. The van der Waals surface area contributed by atoms with Crippen LogP contribution in [0.15, 0.2) is 42.5 Å². The van der Waals surface area contributed by atoms with Gasteiger partial charge in [-0.1, -0.05) is 23.6 Å². The molecule has 3 heterocycles. The van der Waals surface area contributed by atoms with Crippen LogP contribution in [0.4, 0.5) is 32.2 Å². The van der Waals surface area contributed by atoms with E-state index >= 15 is 8.78 Å². The zero-order valence-electron chi connectivity index (χ0n) is 34.4. The van der Waals surface area contributed by atoms with Gasteiger partial charge in [0.05, 0.1) is 38.7 Å². The second-order valence-corrected chi connectivity index (χ2v) is 22.5. The van der Waals surface area contributed by atoms with E-state index in [1.807, 2.05) is 0 Å². The van der Waals surface area contributed by atoms with Crippen LogP contribution in [0.3, 0.4) is 0 Å². The zero-order chi connectivity index (χ0) is 45.8. The third-order valence-corrected chi connectivity index (χ3v) is 16.8. The van der Waals surface area contributed by atoms with Crippen LogP contribution in [-0.2, 0) is 50.6 Å². The Morgan fingerprint density at radius 1 is 0.984 bits per heavy atom. The fourth-order valence-corrected chi connectivity index (χ4v) is 12.2. The molecule has 3 aromatic heterocycles. The molecule has 5 aromatic rings. The van der Waals surface area contributed by atoms with Gasteiger partial charge in [0.15, 0.2) is 15.7 Å². The molecule has 0 unspecified atom stereocenters. The van der Waals surface area contributed by atoms with Gasteiger partial charge >= 0.3 is 0 Å². The predicted octanol–water partition coefficient (Wildman–Crippen LogP) is 7.87. The van der Waals surface area contributed by atoms with Crippen molar-refractivity contribution in [2.75, 3.05) is 10.5 Å². The summed E-state index contributed by atoms with van der Waals surface area (Å²) in [7, 11) is -6.00. The lowest BCUT2D eigenvalue weighted by Gasteiger charge is -2.23. The molecule has 4 aliphatic rings. The van der Waals surface area contributed by atoms with E-state index in [1.165, 1.54) is 30.7 Å². The van der Waals surface area contributed by atoms with Crippen molar-refractivity contribution in [2.45, 2.75) is 93.2 Å². The first-order valence-electron chi connectivity index (χ1n) is 20.5. The van der Waals surface area contributed by atoms with E-state index in [0.29, 0.717) is 34.7 Å². The number of aromatic nitrogens is 5. The SMILES string of the molecule is Cn1nc(NS(=O)(=O)CC2CC2)c2c(Cl)ccc(-c3ccc(C#CC(C)(C)S(=O)(=O)C4CC4)nc3[C@H](Cc3cc(F)cc(F)c3)NC(=O)Cn3nc(C(F)F)c4c3C(F)(F)[C@@H]3C[C@H]43)c21. The van der Waals surface area contributed by atoms with E-state index in [4.69, 9.17) is 16.6 Å². The van der Waals surface area contributed by atoms with Crippen LogP contribution in [0, 0.1) is 35.3 Å². The van der Waals surface area contributed by atoms with E-state index in [9.17, 15) is 39.2 Å². The van der Waals surface area contributed by atoms with E-state index in [2.05, 4.69) is 32.1 Å². The fourth-order valence-electron chi connectivity index (χ4n) is 8.70. The molecule has 0 radical (unpaired) electrons. The lowest BCUT2D eigenvalue weighted by Crippen LogP contribution is -2.35. The standard InChI is InChI=1S/C43H40ClF6N7O5S2/c1-42(2,64(61,62)26-7-8-26)13-12-25-6-9-27(28-10-11-31(44)35-38(28)56(3)54-41(35)55-63(59,60)20-21-4-5-21)36(51-25)32(16-22-14-23(45)17-24(46)15-22)52-33(58)19-57-39-34(37(53-57)40(47)48)29-18-30(29)43(39,49)50/h6,9-11,14-15,17,21,26,29-30,32,40H,4-5,7-8,16,18-20H2,1-3H3,(H,52,58)(H,54,55)/t29-,30+,32-/m0/s1. The van der Waals surface area contributed by atoms with Crippen molar-refractivity contribution in [3.63, 3.8) is 0 Å². The van der Waals surface area contributed by atoms with Gasteiger partial charge in [0.2, 0.25) is 15.9 Å². The molecule has 1 amide bonds. The Balaban J connectivity index is 1.18. The highest BCUT2D eigenvalue weighted by Crippen LogP contribution is 2.68. The number of amides is 1. The van der Waals surface area contributed by atoms with Gasteiger partial charge in [-0.3, -0.25) is 18.9 Å². The first-order chi connectivity index (χ1) is 30.0. The number of hydrogen-bond acceptors (Lipinski definition) is 8. The Kier molecular flexibility index (Phi) is 10.7. The molecule has 9 rings (SSSR count). The van der Waals surface area contributed by atoms with Crippen molar-refractivity contribution in [1.29, 1.82) is 0 Å². The molecular weight excluding hydrogens is 908 g/mol. The van der Waals surface area contributed by atoms with Gasteiger partial charge < -0.3 is 5.32 Å². The molecule has 3 saturated carbocycles. The number of sulfonamides is 1. The summed E-state index contributed by atoms with van der Waals surface area (Å²) in [6.07, 6.45) is -1.02. The van der Waals surface area contributed by atoms with Crippen LogP contribution in [0.1, 0.15) is 98.2 Å². The Morgan fingerprint density at radius 3 is 2.33 bits per heavy atom. The van der Waals surface area contributed by atoms with Crippen LogP contribution in [-0.4, -0.2) is 63.0 Å². The summed E-state index contributed by atoms with van der Waals surface area (Å²) in [5, 5.41) is 10.7. The number of halogens is 7. The van der Waals surface area contributed by atoms with Crippen LogP contribution in [0.5, 0.6) is 0 Å². The number of nitrogens with zero attached hydrogens (tertiary/aromatic N) is 5. The van der Waals surface area contributed by atoms with Crippen molar-refractivity contribution < 1.29 is 48.0 Å². The predicted molar refractivity (Wildman–Crippen MR) is 225 cm³/mol. The third-order valence-electron chi connectivity index (χ3n) is 12.2. The van der Waals surface area contributed by atoms with Crippen molar-refractivity contribution in [2.24, 2.45) is 18.9 Å². The summed E-state index contributed by atoms with van der Waals surface area (Å²) in [6.45, 7) is 1.98. The van der Waals surface area contributed by atoms with Crippen molar-refractivity contribution in [1.82, 2.24) is 29.9 Å². The quantitative estimate of drug-likeness (QED) is 0.0842. The maximum Gasteiger partial charge on any atom is 0.293 e. The molecule has 0 bridgehead atoms. The number of pyridine rings is 1. The zero-order valence-corrected chi connectivity index (χ0v) is 36.8. The molecule has 64 heavy (non-hydrogen) atoms. The Bertz CT molecular complexity index is 3050. The lowest BCUT2D eigenvalue weighted by atomic mass is 9.93. The Labute approximate surface area is 369 Å². The van der Waals surface area contributed by atoms with Crippen molar-refractivity contribution in [3.05, 3.63) is 93.0 Å². The van der Waals surface area contributed by atoms with Gasteiger partial charge in [0.25, 0.3) is 12.3 Å². The highest BCUT2D eigenvalue weighted by atomic mass is 35.5. The molecule has 3 fully saturated rings. The second-order valence-electron chi connectivity index (χ2n) is 17.5. The minimum Gasteiger partial charge on any atom is -0.346 e. The van der Waals surface area contributed by atoms with Gasteiger partial charge in [-0.25, -0.2) is 39.4 Å². The monoisotopic (exact) mass is 947 g/mol. The van der Waals surface area contributed by atoms with Crippen LogP contribution in [0.2, 0.25) is 5.02 Å². The van der Waals surface area contributed by atoms with Crippen molar-refractivity contribution >= 4 is 54.1 Å². The summed E-state index contributed by atoms with van der Waals surface area (Å²) in [4.78, 5) is 18.9.